The molecule has 0 spiro atoms. The zero-order chi connectivity index (χ0) is 18.2. The Bertz CT molecular complexity index is 735. The lowest BCUT2D eigenvalue weighted by Gasteiger charge is -2.27. The number of carbonyl (C=O) groups excluding carboxylic acids is 1. The van der Waals surface area contributed by atoms with Crippen LogP contribution in [-0.2, 0) is 17.1 Å². The highest BCUT2D eigenvalue weighted by Gasteiger charge is 2.13. The molecule has 3 rings (SSSR count). The van der Waals surface area contributed by atoms with E-state index < -0.39 is 0 Å². The van der Waals surface area contributed by atoms with Crippen LogP contribution in [0.4, 0.5) is 5.69 Å². The maximum atomic E-state index is 12.3. The van der Waals surface area contributed by atoms with Gasteiger partial charge in [0.15, 0.2) is 0 Å². The third kappa shape index (κ3) is 6.23. The molecule has 138 valence electrons. The molecule has 0 radical (unpaired) electrons. The molecule has 2 aromatic carbocycles. The van der Waals surface area contributed by atoms with Gasteiger partial charge < -0.3 is 5.32 Å². The molecule has 0 atom stereocenters. The molecule has 0 saturated carbocycles. The predicted molar refractivity (Wildman–Crippen MR) is 115 cm³/mol. The third-order valence-electron chi connectivity index (χ3n) is 4.18. The molecule has 1 aliphatic rings. The number of amides is 1. The van der Waals surface area contributed by atoms with Gasteiger partial charge in [-0.1, -0.05) is 41.9 Å². The van der Waals surface area contributed by atoms with E-state index in [0.29, 0.717) is 5.75 Å². The second kappa shape index (κ2) is 10.3. The van der Waals surface area contributed by atoms with E-state index in [1.54, 1.807) is 11.8 Å². The van der Waals surface area contributed by atoms with Gasteiger partial charge in [-0.05, 0) is 29.3 Å². The van der Waals surface area contributed by atoms with Crippen LogP contribution in [-0.4, -0.2) is 41.2 Å². The van der Waals surface area contributed by atoms with Gasteiger partial charge in [0.1, 0.15) is 0 Å². The Hall–Kier alpha value is -1.14. The molecule has 3 nitrogen and oxygen atoms in total. The maximum Gasteiger partial charge on any atom is 0.234 e. The Balaban J connectivity index is 1.50. The highest BCUT2D eigenvalue weighted by Crippen LogP contribution is 2.21. The number of para-hydroxylation sites is 1. The van der Waals surface area contributed by atoms with Gasteiger partial charge in [-0.25, -0.2) is 0 Å². The Morgan fingerprint density at radius 1 is 1.15 bits per heavy atom. The van der Waals surface area contributed by atoms with Crippen LogP contribution in [0.1, 0.15) is 11.1 Å². The van der Waals surface area contributed by atoms with Crippen LogP contribution in [0.5, 0.6) is 0 Å². The zero-order valence-electron chi connectivity index (χ0n) is 14.6. The van der Waals surface area contributed by atoms with Crippen molar-refractivity contribution >= 4 is 46.7 Å². The fourth-order valence-electron chi connectivity index (χ4n) is 2.85. The van der Waals surface area contributed by atoms with E-state index in [1.807, 2.05) is 54.2 Å². The molecular formula is C20H23ClN2OS2. The highest BCUT2D eigenvalue weighted by molar-refractivity contribution is 7.99. The standard InChI is InChI=1S/C20H23ClN2OS2/c21-18-6-3-4-16(12-18)14-26-15-20(24)22-19-7-2-1-5-17(19)13-23-8-10-25-11-9-23/h1-7,12H,8-11,13-15H2,(H,22,24). The van der Waals surface area contributed by atoms with Gasteiger partial charge in [0.2, 0.25) is 5.91 Å². The van der Waals surface area contributed by atoms with Crippen LogP contribution in [0.25, 0.3) is 0 Å². The highest BCUT2D eigenvalue weighted by atomic mass is 35.5. The first kappa shape index (κ1) is 19.6. The minimum Gasteiger partial charge on any atom is -0.325 e. The lowest BCUT2D eigenvalue weighted by Crippen LogP contribution is -2.32. The van der Waals surface area contributed by atoms with E-state index >= 15 is 0 Å². The van der Waals surface area contributed by atoms with Gasteiger partial charge in [0.25, 0.3) is 0 Å². The number of hydrogen-bond acceptors (Lipinski definition) is 4. The molecule has 0 aliphatic carbocycles. The van der Waals surface area contributed by atoms with E-state index in [4.69, 9.17) is 11.6 Å². The summed E-state index contributed by atoms with van der Waals surface area (Å²) in [6, 6.07) is 15.9. The summed E-state index contributed by atoms with van der Waals surface area (Å²) in [6.07, 6.45) is 0. The van der Waals surface area contributed by atoms with E-state index in [0.717, 1.165) is 41.7 Å². The van der Waals surface area contributed by atoms with Gasteiger partial charge in [-0.3, -0.25) is 9.69 Å². The minimum atomic E-state index is 0.0404. The Labute approximate surface area is 168 Å². The fraction of sp³-hybridized carbons (Fsp3) is 0.350. The van der Waals surface area contributed by atoms with Crippen LogP contribution in [0.2, 0.25) is 5.02 Å². The summed E-state index contributed by atoms with van der Waals surface area (Å²) in [6.45, 7) is 3.12. The van der Waals surface area contributed by atoms with E-state index in [1.165, 1.54) is 17.1 Å². The molecular weight excluding hydrogens is 384 g/mol. The Morgan fingerprint density at radius 3 is 2.77 bits per heavy atom. The summed E-state index contributed by atoms with van der Waals surface area (Å²) >= 11 is 9.61. The zero-order valence-corrected chi connectivity index (χ0v) is 17.0. The molecule has 1 saturated heterocycles. The molecule has 1 fully saturated rings. The lowest BCUT2D eigenvalue weighted by molar-refractivity contribution is -0.113. The number of hydrogen-bond donors (Lipinski definition) is 1. The maximum absolute atomic E-state index is 12.3. The number of thioether (sulfide) groups is 2. The first-order valence-electron chi connectivity index (χ1n) is 8.71. The molecule has 1 aliphatic heterocycles. The molecule has 0 bridgehead atoms. The molecule has 6 heteroatoms. The first-order chi connectivity index (χ1) is 12.7. The van der Waals surface area contributed by atoms with Crippen LogP contribution in [0.15, 0.2) is 48.5 Å². The molecule has 2 aromatic rings. The SMILES string of the molecule is O=C(CSCc1cccc(Cl)c1)Nc1ccccc1CN1CCSCC1. The van der Waals surface area contributed by atoms with Gasteiger partial charge in [-0.2, -0.15) is 11.8 Å². The average molecular weight is 407 g/mol. The number of carbonyl (C=O) groups is 1. The van der Waals surface area contributed by atoms with Crippen molar-refractivity contribution in [3.63, 3.8) is 0 Å². The van der Waals surface area contributed by atoms with Crippen LogP contribution in [0.3, 0.4) is 0 Å². The molecule has 0 aromatic heterocycles. The van der Waals surface area contributed by atoms with E-state index in [-0.39, 0.29) is 5.91 Å². The van der Waals surface area contributed by atoms with Crippen LogP contribution >= 0.6 is 35.1 Å². The topological polar surface area (TPSA) is 32.3 Å². The van der Waals surface area contributed by atoms with Crippen molar-refractivity contribution in [3.05, 3.63) is 64.7 Å². The number of benzene rings is 2. The van der Waals surface area contributed by atoms with Crippen molar-refractivity contribution in [2.24, 2.45) is 0 Å². The first-order valence-corrected chi connectivity index (χ1v) is 11.4. The summed E-state index contributed by atoms with van der Waals surface area (Å²) < 4.78 is 0. The molecule has 1 amide bonds. The number of nitrogens with one attached hydrogen (secondary N) is 1. The summed E-state index contributed by atoms with van der Waals surface area (Å²) in [5.74, 6) is 3.63. The second-order valence-electron chi connectivity index (χ2n) is 6.22. The molecule has 0 unspecified atom stereocenters. The van der Waals surface area contributed by atoms with E-state index in [9.17, 15) is 4.79 Å². The quantitative estimate of drug-likeness (QED) is 0.718. The molecule has 1 N–H and O–H groups in total. The van der Waals surface area contributed by atoms with Gasteiger partial charge in [0, 0.05) is 47.6 Å². The largest absolute Gasteiger partial charge is 0.325 e. The van der Waals surface area contributed by atoms with Gasteiger partial charge in [-0.15, -0.1) is 11.8 Å². The van der Waals surface area contributed by atoms with Crippen LogP contribution in [0, 0.1) is 0 Å². The number of rotatable bonds is 7. The molecule has 26 heavy (non-hydrogen) atoms. The summed E-state index contributed by atoms with van der Waals surface area (Å²) in [4.78, 5) is 14.8. The predicted octanol–water partition coefficient (Wildman–Crippen LogP) is 4.76. The minimum absolute atomic E-state index is 0.0404. The number of nitrogens with zero attached hydrogens (tertiary/aromatic N) is 1. The van der Waals surface area contributed by atoms with Crippen molar-refractivity contribution in [2.75, 3.05) is 35.7 Å². The Morgan fingerprint density at radius 2 is 1.96 bits per heavy atom. The Kier molecular flexibility index (Phi) is 7.74. The lowest BCUT2D eigenvalue weighted by atomic mass is 10.1. The summed E-state index contributed by atoms with van der Waals surface area (Å²) in [5, 5.41) is 3.81. The van der Waals surface area contributed by atoms with Crippen LogP contribution < -0.4 is 5.32 Å². The van der Waals surface area contributed by atoms with Crippen molar-refractivity contribution in [1.82, 2.24) is 4.90 Å². The van der Waals surface area contributed by atoms with Crippen molar-refractivity contribution in [3.8, 4) is 0 Å². The smallest absolute Gasteiger partial charge is 0.234 e. The van der Waals surface area contributed by atoms with E-state index in [2.05, 4.69) is 16.3 Å². The van der Waals surface area contributed by atoms with Gasteiger partial charge >= 0.3 is 0 Å². The third-order valence-corrected chi connectivity index (χ3v) is 6.36. The van der Waals surface area contributed by atoms with Crippen molar-refractivity contribution in [2.45, 2.75) is 12.3 Å². The normalized spacial score (nSPS) is 15.0. The number of halogens is 1. The molecule has 1 heterocycles. The summed E-state index contributed by atoms with van der Waals surface area (Å²) in [5.41, 5.74) is 3.25. The van der Waals surface area contributed by atoms with Gasteiger partial charge in [0.05, 0.1) is 5.75 Å². The average Bonchev–Trinajstić information content (AvgIpc) is 2.64. The number of anilines is 1. The summed E-state index contributed by atoms with van der Waals surface area (Å²) in [7, 11) is 0. The van der Waals surface area contributed by atoms with Crippen molar-refractivity contribution < 1.29 is 4.79 Å². The van der Waals surface area contributed by atoms with Crippen molar-refractivity contribution in [1.29, 1.82) is 0 Å². The fourth-order valence-corrected chi connectivity index (χ4v) is 4.82. The second-order valence-corrected chi connectivity index (χ2v) is 8.86. The monoisotopic (exact) mass is 406 g/mol.